The van der Waals surface area contributed by atoms with Gasteiger partial charge in [0.2, 0.25) is 0 Å². The van der Waals surface area contributed by atoms with Crippen molar-refractivity contribution in [1.82, 2.24) is 20.5 Å². The number of benzene rings is 1. The number of nitrogens with two attached hydrogens (primary N) is 1. The Kier molecular flexibility index (Phi) is 6.99. The van der Waals surface area contributed by atoms with E-state index in [2.05, 4.69) is 26.6 Å². The molecule has 1 aromatic heterocycles. The van der Waals surface area contributed by atoms with Gasteiger partial charge in [-0.1, -0.05) is 12.1 Å². The van der Waals surface area contributed by atoms with Crippen molar-refractivity contribution in [2.45, 2.75) is 45.2 Å². The number of carbonyl (C=O) groups excluding carboxylic acids is 1. The summed E-state index contributed by atoms with van der Waals surface area (Å²) in [6.45, 7) is 7.02. The highest BCUT2D eigenvalue weighted by Gasteiger charge is 2.20. The molecular formula is C25H33N5O. The van der Waals surface area contributed by atoms with Crippen LogP contribution in [0.3, 0.4) is 0 Å². The number of amides is 1. The number of allylic oxidation sites excluding steroid dienone is 1. The van der Waals surface area contributed by atoms with Gasteiger partial charge in [-0.25, -0.2) is 0 Å². The minimum atomic E-state index is -0.0563. The molecule has 2 aliphatic heterocycles. The Balaban J connectivity index is 1.55. The number of aromatic nitrogens is 1. The van der Waals surface area contributed by atoms with E-state index in [0.29, 0.717) is 11.3 Å². The molecule has 6 heteroatoms. The molecule has 31 heavy (non-hydrogen) atoms. The van der Waals surface area contributed by atoms with Crippen molar-refractivity contribution >= 4 is 17.2 Å². The fourth-order valence-corrected chi connectivity index (χ4v) is 4.54. The number of rotatable bonds is 6. The molecule has 0 aliphatic carbocycles. The van der Waals surface area contributed by atoms with Gasteiger partial charge in [-0.2, -0.15) is 0 Å². The van der Waals surface area contributed by atoms with E-state index in [4.69, 9.17) is 5.73 Å². The first-order valence-electron chi connectivity index (χ1n) is 11.4. The molecule has 2 aromatic rings. The van der Waals surface area contributed by atoms with Crippen LogP contribution >= 0.6 is 0 Å². The molecule has 6 nitrogen and oxygen atoms in total. The largest absolute Gasteiger partial charge is 0.398 e. The maximum Gasteiger partial charge on any atom is 0.251 e. The lowest BCUT2D eigenvalue weighted by molar-refractivity contribution is -0.116. The second kappa shape index (κ2) is 10.1. The molecule has 0 bridgehead atoms. The Morgan fingerprint density at radius 3 is 2.71 bits per heavy atom. The van der Waals surface area contributed by atoms with Crippen molar-refractivity contribution in [2.75, 3.05) is 31.9 Å². The SMILES string of the molecule is CC=C(C(=O)NC1CCNCC1)c1cc(-c2cncc(CN3CCCC3)c2)ccc1N. The van der Waals surface area contributed by atoms with Gasteiger partial charge in [0, 0.05) is 47.4 Å². The van der Waals surface area contributed by atoms with Gasteiger partial charge in [0.1, 0.15) is 0 Å². The van der Waals surface area contributed by atoms with E-state index in [1.54, 1.807) is 0 Å². The van der Waals surface area contributed by atoms with Crippen LogP contribution in [0, 0.1) is 0 Å². The summed E-state index contributed by atoms with van der Waals surface area (Å²) in [6, 6.07) is 8.32. The van der Waals surface area contributed by atoms with Crippen LogP contribution in [0.15, 0.2) is 42.7 Å². The van der Waals surface area contributed by atoms with Crippen LogP contribution in [-0.2, 0) is 11.3 Å². The molecule has 4 rings (SSSR count). The van der Waals surface area contributed by atoms with Crippen molar-refractivity contribution in [3.05, 3.63) is 53.9 Å². The molecule has 1 amide bonds. The minimum Gasteiger partial charge on any atom is -0.398 e. The van der Waals surface area contributed by atoms with E-state index in [9.17, 15) is 4.79 Å². The fraction of sp³-hybridized carbons (Fsp3) is 0.440. The lowest BCUT2D eigenvalue weighted by Gasteiger charge is -2.24. The van der Waals surface area contributed by atoms with Gasteiger partial charge in [0.05, 0.1) is 0 Å². The number of likely N-dealkylation sites (tertiary alicyclic amines) is 1. The summed E-state index contributed by atoms with van der Waals surface area (Å²) < 4.78 is 0. The number of nitrogen functional groups attached to an aromatic ring is 1. The highest BCUT2D eigenvalue weighted by molar-refractivity contribution is 6.21. The maximum atomic E-state index is 13.0. The zero-order chi connectivity index (χ0) is 21.6. The predicted octanol–water partition coefficient (Wildman–Crippen LogP) is 3.20. The average molecular weight is 420 g/mol. The normalized spacial score (nSPS) is 18.3. The highest BCUT2D eigenvalue weighted by atomic mass is 16.1. The molecule has 2 aliphatic rings. The summed E-state index contributed by atoms with van der Waals surface area (Å²) in [5, 5.41) is 6.51. The summed E-state index contributed by atoms with van der Waals surface area (Å²) in [7, 11) is 0. The van der Waals surface area contributed by atoms with Gasteiger partial charge in [0.25, 0.3) is 5.91 Å². The van der Waals surface area contributed by atoms with Crippen LogP contribution in [-0.4, -0.2) is 48.0 Å². The van der Waals surface area contributed by atoms with Crippen LogP contribution in [0.25, 0.3) is 16.7 Å². The minimum absolute atomic E-state index is 0.0563. The number of anilines is 1. The van der Waals surface area contributed by atoms with Gasteiger partial charge >= 0.3 is 0 Å². The molecule has 2 saturated heterocycles. The monoisotopic (exact) mass is 419 g/mol. The zero-order valence-electron chi connectivity index (χ0n) is 18.4. The number of hydrogen-bond acceptors (Lipinski definition) is 5. The number of pyridine rings is 1. The zero-order valence-corrected chi connectivity index (χ0v) is 18.4. The molecule has 0 atom stereocenters. The standard InChI is InChI=1S/C25H33N5O/c1-2-22(25(31)29-21-7-9-27-10-8-21)23-14-19(5-6-24(23)26)20-13-18(15-28-16-20)17-30-11-3-4-12-30/h2,5-6,13-16,21,27H,3-4,7-12,17,26H2,1H3,(H,29,31). The van der Waals surface area contributed by atoms with Crippen LogP contribution in [0.2, 0.25) is 0 Å². The Hall–Kier alpha value is -2.70. The summed E-state index contributed by atoms with van der Waals surface area (Å²) in [5.74, 6) is -0.0563. The van der Waals surface area contributed by atoms with Gasteiger partial charge < -0.3 is 16.4 Å². The van der Waals surface area contributed by atoms with E-state index in [0.717, 1.165) is 62.3 Å². The smallest absolute Gasteiger partial charge is 0.251 e. The van der Waals surface area contributed by atoms with Crippen molar-refractivity contribution in [3.8, 4) is 11.1 Å². The third-order valence-corrected chi connectivity index (χ3v) is 6.28. The molecule has 3 heterocycles. The first-order chi connectivity index (χ1) is 15.1. The first kappa shape index (κ1) is 21.5. The van der Waals surface area contributed by atoms with E-state index in [-0.39, 0.29) is 11.9 Å². The Morgan fingerprint density at radius 2 is 1.97 bits per heavy atom. The van der Waals surface area contributed by atoms with Gasteiger partial charge in [-0.15, -0.1) is 0 Å². The fourth-order valence-electron chi connectivity index (χ4n) is 4.54. The van der Waals surface area contributed by atoms with Crippen molar-refractivity contribution in [1.29, 1.82) is 0 Å². The molecule has 0 spiro atoms. The lowest BCUT2D eigenvalue weighted by atomic mass is 9.96. The quantitative estimate of drug-likeness (QED) is 0.495. The van der Waals surface area contributed by atoms with Crippen LogP contribution in [0.5, 0.6) is 0 Å². The topological polar surface area (TPSA) is 83.3 Å². The van der Waals surface area contributed by atoms with Crippen molar-refractivity contribution in [3.63, 3.8) is 0 Å². The van der Waals surface area contributed by atoms with Crippen LogP contribution in [0.4, 0.5) is 5.69 Å². The summed E-state index contributed by atoms with van der Waals surface area (Å²) in [6.07, 6.45) is 10.1. The summed E-state index contributed by atoms with van der Waals surface area (Å²) in [5.41, 5.74) is 11.6. The second-order valence-electron chi connectivity index (χ2n) is 8.57. The molecule has 0 radical (unpaired) electrons. The molecule has 0 saturated carbocycles. The molecule has 2 fully saturated rings. The first-order valence-corrected chi connectivity index (χ1v) is 11.4. The van der Waals surface area contributed by atoms with Crippen molar-refractivity contribution < 1.29 is 4.79 Å². The predicted molar refractivity (Wildman–Crippen MR) is 126 cm³/mol. The summed E-state index contributed by atoms with van der Waals surface area (Å²) >= 11 is 0. The lowest BCUT2D eigenvalue weighted by Crippen LogP contribution is -2.43. The number of nitrogens with zero attached hydrogens (tertiary/aromatic N) is 2. The second-order valence-corrected chi connectivity index (χ2v) is 8.57. The van der Waals surface area contributed by atoms with Crippen LogP contribution < -0.4 is 16.4 Å². The maximum absolute atomic E-state index is 13.0. The van der Waals surface area contributed by atoms with Gasteiger partial charge in [-0.3, -0.25) is 14.7 Å². The molecular weight excluding hydrogens is 386 g/mol. The third-order valence-electron chi connectivity index (χ3n) is 6.28. The summed E-state index contributed by atoms with van der Waals surface area (Å²) in [4.78, 5) is 20.0. The number of hydrogen-bond donors (Lipinski definition) is 3. The van der Waals surface area contributed by atoms with E-state index >= 15 is 0 Å². The molecule has 1 aromatic carbocycles. The van der Waals surface area contributed by atoms with E-state index in [1.165, 1.54) is 18.4 Å². The van der Waals surface area contributed by atoms with E-state index < -0.39 is 0 Å². The van der Waals surface area contributed by atoms with Gasteiger partial charge in [-0.05, 0) is 88.1 Å². The average Bonchev–Trinajstić information content (AvgIpc) is 3.29. The number of nitrogens with one attached hydrogen (secondary N) is 2. The Bertz CT molecular complexity index is 943. The molecule has 4 N–H and O–H groups in total. The van der Waals surface area contributed by atoms with Gasteiger partial charge in [0.15, 0.2) is 0 Å². The molecule has 0 unspecified atom stereocenters. The molecule has 164 valence electrons. The van der Waals surface area contributed by atoms with E-state index in [1.807, 2.05) is 43.6 Å². The number of piperidine rings is 1. The highest BCUT2D eigenvalue weighted by Crippen LogP contribution is 2.29. The number of carbonyl (C=O) groups is 1. The van der Waals surface area contributed by atoms with Crippen molar-refractivity contribution in [2.24, 2.45) is 0 Å². The third kappa shape index (κ3) is 5.32. The van der Waals surface area contributed by atoms with Crippen LogP contribution in [0.1, 0.15) is 43.7 Å². The Labute approximate surface area is 184 Å². The Morgan fingerprint density at radius 1 is 1.19 bits per heavy atom.